The highest BCUT2D eigenvalue weighted by molar-refractivity contribution is 4.77. The third kappa shape index (κ3) is 4.97. The van der Waals surface area contributed by atoms with Gasteiger partial charge in [0.05, 0.1) is 0 Å². The first-order chi connectivity index (χ1) is 6.05. The molecule has 0 N–H and O–H groups in total. The van der Waals surface area contributed by atoms with E-state index in [1.807, 2.05) is 0 Å². The molecule has 0 heterocycles. The highest BCUT2D eigenvalue weighted by Crippen LogP contribution is 2.13. The number of nitrogens with zero attached hydrogens (tertiary/aromatic N) is 2. The summed E-state index contributed by atoms with van der Waals surface area (Å²) in [5, 5.41) is 0. The Balaban J connectivity index is 3.96. The Bertz CT molecular complexity index is 142. The predicted octanol–water partition coefficient (Wildman–Crippen LogP) is 2.45. The van der Waals surface area contributed by atoms with Crippen LogP contribution < -0.4 is 0 Å². The van der Waals surface area contributed by atoms with Crippen LogP contribution in [0.3, 0.4) is 0 Å². The van der Waals surface area contributed by atoms with Crippen LogP contribution in [0.1, 0.15) is 41.5 Å². The maximum atomic E-state index is 2.40. The van der Waals surface area contributed by atoms with E-state index in [-0.39, 0.29) is 11.1 Å². The van der Waals surface area contributed by atoms with Gasteiger partial charge in [0.1, 0.15) is 0 Å². The van der Waals surface area contributed by atoms with E-state index in [0.717, 1.165) is 13.1 Å². The van der Waals surface area contributed by atoms with E-state index in [1.54, 1.807) is 0 Å². The fourth-order valence-corrected chi connectivity index (χ4v) is 0.971. The number of likely N-dealkylation sites (N-methyl/N-ethyl adjacent to an activating group) is 2. The maximum absolute atomic E-state index is 2.40. The standard InChI is InChI=1S/C12H28N2/c1-11(2,3)13(7)9-10-14(8)12(4,5)6/h9-10H2,1-8H3. The van der Waals surface area contributed by atoms with Crippen LogP contribution >= 0.6 is 0 Å². The maximum Gasteiger partial charge on any atom is 0.0122 e. The number of hydrogen-bond acceptors (Lipinski definition) is 2. The summed E-state index contributed by atoms with van der Waals surface area (Å²) >= 11 is 0. The molecule has 2 nitrogen and oxygen atoms in total. The molecule has 0 aromatic carbocycles. The second-order valence-corrected chi connectivity index (χ2v) is 6.18. The summed E-state index contributed by atoms with van der Waals surface area (Å²) in [7, 11) is 4.38. The minimum absolute atomic E-state index is 0.277. The zero-order chi connectivity index (χ0) is 11.6. The first-order valence-corrected chi connectivity index (χ1v) is 5.47. The van der Waals surface area contributed by atoms with Crippen molar-refractivity contribution < 1.29 is 0 Å². The third-order valence-electron chi connectivity index (χ3n) is 3.06. The van der Waals surface area contributed by atoms with E-state index in [4.69, 9.17) is 0 Å². The lowest BCUT2D eigenvalue weighted by molar-refractivity contribution is 0.116. The minimum Gasteiger partial charge on any atom is -0.300 e. The molecule has 0 spiro atoms. The topological polar surface area (TPSA) is 6.48 Å². The monoisotopic (exact) mass is 200 g/mol. The van der Waals surface area contributed by atoms with E-state index in [9.17, 15) is 0 Å². The molecular formula is C12H28N2. The van der Waals surface area contributed by atoms with Gasteiger partial charge < -0.3 is 9.80 Å². The van der Waals surface area contributed by atoms with Gasteiger partial charge >= 0.3 is 0 Å². The molecule has 0 aliphatic carbocycles. The lowest BCUT2D eigenvalue weighted by Crippen LogP contribution is -2.46. The fraction of sp³-hybridized carbons (Fsp3) is 1.00. The van der Waals surface area contributed by atoms with Crippen LogP contribution in [0.15, 0.2) is 0 Å². The number of hydrogen-bond donors (Lipinski definition) is 0. The van der Waals surface area contributed by atoms with Crippen molar-refractivity contribution in [2.24, 2.45) is 0 Å². The largest absolute Gasteiger partial charge is 0.300 e. The molecule has 0 saturated heterocycles. The minimum atomic E-state index is 0.277. The summed E-state index contributed by atoms with van der Waals surface area (Å²) in [5.41, 5.74) is 0.553. The van der Waals surface area contributed by atoms with Crippen molar-refractivity contribution in [2.45, 2.75) is 52.6 Å². The Kier molecular flexibility index (Phi) is 4.60. The Morgan fingerprint density at radius 3 is 1.00 bits per heavy atom. The van der Waals surface area contributed by atoms with Crippen molar-refractivity contribution >= 4 is 0 Å². The van der Waals surface area contributed by atoms with Gasteiger partial charge in [-0.15, -0.1) is 0 Å². The molecule has 14 heavy (non-hydrogen) atoms. The number of rotatable bonds is 3. The van der Waals surface area contributed by atoms with Crippen LogP contribution in [-0.2, 0) is 0 Å². The van der Waals surface area contributed by atoms with Crippen molar-refractivity contribution in [3.63, 3.8) is 0 Å². The van der Waals surface area contributed by atoms with Gasteiger partial charge in [0.15, 0.2) is 0 Å². The van der Waals surface area contributed by atoms with Crippen molar-refractivity contribution in [1.82, 2.24) is 9.80 Å². The van der Waals surface area contributed by atoms with E-state index < -0.39 is 0 Å². The first kappa shape index (κ1) is 13.9. The van der Waals surface area contributed by atoms with Gasteiger partial charge in [0.25, 0.3) is 0 Å². The van der Waals surface area contributed by atoms with Crippen molar-refractivity contribution in [2.75, 3.05) is 27.2 Å². The van der Waals surface area contributed by atoms with Crippen LogP contribution in [0.25, 0.3) is 0 Å². The predicted molar refractivity (Wildman–Crippen MR) is 64.8 cm³/mol. The molecule has 0 radical (unpaired) electrons. The van der Waals surface area contributed by atoms with Crippen LogP contribution in [-0.4, -0.2) is 48.1 Å². The molecule has 0 saturated carbocycles. The first-order valence-electron chi connectivity index (χ1n) is 5.47. The lowest BCUT2D eigenvalue weighted by Gasteiger charge is -2.37. The zero-order valence-electron chi connectivity index (χ0n) is 11.3. The quantitative estimate of drug-likeness (QED) is 0.690. The summed E-state index contributed by atoms with van der Waals surface area (Å²) in [5.74, 6) is 0. The summed E-state index contributed by atoms with van der Waals surface area (Å²) in [6.45, 7) is 15.8. The lowest BCUT2D eigenvalue weighted by atomic mass is 10.1. The van der Waals surface area contributed by atoms with Crippen LogP contribution in [0.5, 0.6) is 0 Å². The molecule has 86 valence electrons. The summed E-state index contributed by atoms with van der Waals surface area (Å²) in [4.78, 5) is 4.80. The normalized spacial score (nSPS) is 14.1. The summed E-state index contributed by atoms with van der Waals surface area (Å²) in [6.07, 6.45) is 0. The molecule has 0 fully saturated rings. The Hall–Kier alpha value is -0.0800. The van der Waals surface area contributed by atoms with E-state index in [1.165, 1.54) is 0 Å². The SMILES string of the molecule is CN(CCN(C)C(C)(C)C)C(C)(C)C. The van der Waals surface area contributed by atoms with E-state index >= 15 is 0 Å². The highest BCUT2D eigenvalue weighted by Gasteiger charge is 2.20. The second-order valence-electron chi connectivity index (χ2n) is 6.18. The third-order valence-corrected chi connectivity index (χ3v) is 3.06. The van der Waals surface area contributed by atoms with Gasteiger partial charge in [-0.1, -0.05) is 0 Å². The van der Waals surface area contributed by atoms with E-state index in [0.29, 0.717) is 0 Å². The van der Waals surface area contributed by atoms with Crippen molar-refractivity contribution in [3.8, 4) is 0 Å². The molecular weight excluding hydrogens is 172 g/mol. The average molecular weight is 200 g/mol. The molecule has 0 rings (SSSR count). The van der Waals surface area contributed by atoms with Gasteiger partial charge in [-0.3, -0.25) is 0 Å². The molecule has 0 aromatic rings. The molecule has 0 amide bonds. The van der Waals surface area contributed by atoms with Gasteiger partial charge in [-0.2, -0.15) is 0 Å². The Morgan fingerprint density at radius 2 is 0.857 bits per heavy atom. The van der Waals surface area contributed by atoms with Gasteiger partial charge in [0.2, 0.25) is 0 Å². The molecule has 0 atom stereocenters. The highest BCUT2D eigenvalue weighted by atomic mass is 15.2. The van der Waals surface area contributed by atoms with Crippen molar-refractivity contribution in [1.29, 1.82) is 0 Å². The van der Waals surface area contributed by atoms with Gasteiger partial charge in [-0.05, 0) is 55.6 Å². The van der Waals surface area contributed by atoms with Crippen molar-refractivity contribution in [3.05, 3.63) is 0 Å². The average Bonchev–Trinajstić information content (AvgIpc) is 1.95. The van der Waals surface area contributed by atoms with Crippen LogP contribution in [0, 0.1) is 0 Å². The molecule has 0 aliphatic heterocycles. The van der Waals surface area contributed by atoms with Gasteiger partial charge in [-0.25, -0.2) is 0 Å². The molecule has 0 unspecified atom stereocenters. The molecule has 0 bridgehead atoms. The smallest absolute Gasteiger partial charge is 0.0122 e. The summed E-state index contributed by atoms with van der Waals surface area (Å²) < 4.78 is 0. The fourth-order valence-electron chi connectivity index (χ4n) is 0.971. The Morgan fingerprint density at radius 1 is 0.643 bits per heavy atom. The zero-order valence-corrected chi connectivity index (χ0v) is 11.3. The molecule has 0 aromatic heterocycles. The van der Waals surface area contributed by atoms with Crippen LogP contribution in [0.4, 0.5) is 0 Å². The Labute approximate surface area is 90.3 Å². The van der Waals surface area contributed by atoms with E-state index in [2.05, 4.69) is 65.4 Å². The molecule has 0 aliphatic rings. The molecule has 2 heteroatoms. The van der Waals surface area contributed by atoms with Crippen LogP contribution in [0.2, 0.25) is 0 Å². The van der Waals surface area contributed by atoms with Gasteiger partial charge in [0, 0.05) is 24.2 Å². The summed E-state index contributed by atoms with van der Waals surface area (Å²) in [6, 6.07) is 0. The second kappa shape index (κ2) is 4.63.